The van der Waals surface area contributed by atoms with Gasteiger partial charge >= 0.3 is 0 Å². The molecule has 0 atom stereocenters. The highest BCUT2D eigenvalue weighted by Gasteiger charge is 1.95. The van der Waals surface area contributed by atoms with E-state index in [4.69, 9.17) is 0 Å². The molecule has 0 N–H and O–H groups in total. The van der Waals surface area contributed by atoms with E-state index >= 15 is 0 Å². The Hall–Kier alpha value is -1.56. The van der Waals surface area contributed by atoms with Gasteiger partial charge in [0.25, 0.3) is 0 Å². The maximum Gasteiger partial charge on any atom is -0.0184 e. The first-order valence-electron chi connectivity index (χ1n) is 4.84. The topological polar surface area (TPSA) is 0 Å². The van der Waals surface area contributed by atoms with Crippen LogP contribution in [0, 0.1) is 6.92 Å². The van der Waals surface area contributed by atoms with Crippen LogP contribution >= 0.6 is 0 Å². The third-order valence-corrected chi connectivity index (χ3v) is 2.35. The Morgan fingerprint density at radius 1 is 0.714 bits per heavy atom. The van der Waals surface area contributed by atoms with Gasteiger partial charge in [0.15, 0.2) is 0 Å². The molecule has 69 valence electrons. The second-order valence-corrected chi connectivity index (χ2v) is 3.31. The van der Waals surface area contributed by atoms with Crippen LogP contribution in [0.5, 0.6) is 0 Å². The monoisotopic (exact) mass is 181 g/mol. The third-order valence-electron chi connectivity index (χ3n) is 2.35. The molecule has 0 spiro atoms. The molecule has 0 aliphatic heterocycles. The fourth-order valence-corrected chi connectivity index (χ4v) is 1.49. The van der Waals surface area contributed by atoms with Crippen LogP contribution in [-0.4, -0.2) is 0 Å². The van der Waals surface area contributed by atoms with E-state index in [1.807, 2.05) is 6.07 Å². The molecule has 0 heteroatoms. The Morgan fingerprint density at radius 2 is 1.29 bits per heavy atom. The summed E-state index contributed by atoms with van der Waals surface area (Å²) in [6.45, 7) is 3.86. The molecule has 2 aromatic rings. The van der Waals surface area contributed by atoms with E-state index in [9.17, 15) is 0 Å². The molecular weight excluding hydrogens is 168 g/mol. The van der Waals surface area contributed by atoms with Gasteiger partial charge in [-0.2, -0.15) is 0 Å². The predicted octanol–water partition coefficient (Wildman–Crippen LogP) is 3.73. The van der Waals surface area contributed by atoms with Crippen LogP contribution in [0.4, 0.5) is 0 Å². The number of rotatable bonds is 2. The average Bonchev–Trinajstić information content (AvgIpc) is 2.30. The first-order chi connectivity index (χ1) is 6.90. The molecule has 0 aliphatic rings. The van der Waals surface area contributed by atoms with Crippen molar-refractivity contribution in [3.8, 4) is 11.1 Å². The van der Waals surface area contributed by atoms with Gasteiger partial charge in [0.2, 0.25) is 0 Å². The minimum Gasteiger partial charge on any atom is -0.0622 e. The Labute approximate surface area is 85.2 Å². The summed E-state index contributed by atoms with van der Waals surface area (Å²) in [6.07, 6.45) is 0.856. The van der Waals surface area contributed by atoms with Crippen LogP contribution in [0.3, 0.4) is 0 Å². The molecule has 0 bridgehead atoms. The van der Waals surface area contributed by atoms with Crippen LogP contribution in [0.1, 0.15) is 5.56 Å². The zero-order valence-electron chi connectivity index (χ0n) is 8.11. The maximum atomic E-state index is 3.86. The first-order valence-corrected chi connectivity index (χ1v) is 4.84. The van der Waals surface area contributed by atoms with E-state index in [-0.39, 0.29) is 0 Å². The van der Waals surface area contributed by atoms with Crippen molar-refractivity contribution in [3.05, 3.63) is 67.1 Å². The molecule has 2 aromatic carbocycles. The molecule has 0 heterocycles. The Morgan fingerprint density at radius 3 is 1.86 bits per heavy atom. The van der Waals surface area contributed by atoms with E-state index in [0.717, 1.165) is 6.42 Å². The maximum absolute atomic E-state index is 3.86. The third kappa shape index (κ3) is 1.85. The van der Waals surface area contributed by atoms with E-state index in [1.165, 1.54) is 16.7 Å². The number of hydrogen-bond donors (Lipinski definition) is 0. The summed E-state index contributed by atoms with van der Waals surface area (Å²) in [4.78, 5) is 0. The molecule has 0 saturated heterocycles. The lowest BCUT2D eigenvalue weighted by atomic mass is 10.0. The minimum atomic E-state index is 0.856. The first kappa shape index (κ1) is 9.01. The molecule has 0 aromatic heterocycles. The molecular formula is C14H13. The van der Waals surface area contributed by atoms with Crippen molar-refractivity contribution in [2.45, 2.75) is 6.42 Å². The zero-order chi connectivity index (χ0) is 9.80. The fraction of sp³-hybridized carbons (Fsp3) is 0.0714. The summed E-state index contributed by atoms with van der Waals surface area (Å²) in [7, 11) is 0. The van der Waals surface area contributed by atoms with Crippen LogP contribution < -0.4 is 0 Å². The van der Waals surface area contributed by atoms with Crippen LogP contribution in [-0.2, 0) is 6.42 Å². The zero-order valence-corrected chi connectivity index (χ0v) is 8.11. The van der Waals surface area contributed by atoms with Crippen molar-refractivity contribution in [2.24, 2.45) is 0 Å². The van der Waals surface area contributed by atoms with Crippen molar-refractivity contribution in [3.63, 3.8) is 0 Å². The van der Waals surface area contributed by atoms with Crippen molar-refractivity contribution in [2.75, 3.05) is 0 Å². The van der Waals surface area contributed by atoms with Crippen LogP contribution in [0.2, 0.25) is 0 Å². The normalized spacial score (nSPS) is 10.1. The summed E-state index contributed by atoms with van der Waals surface area (Å²) in [5.74, 6) is 0. The number of benzene rings is 2. The summed E-state index contributed by atoms with van der Waals surface area (Å²) >= 11 is 0. The summed E-state index contributed by atoms with van der Waals surface area (Å²) in [6, 6.07) is 19.0. The fourth-order valence-electron chi connectivity index (χ4n) is 1.49. The van der Waals surface area contributed by atoms with Crippen LogP contribution in [0.15, 0.2) is 54.6 Å². The molecule has 1 radical (unpaired) electrons. The van der Waals surface area contributed by atoms with Gasteiger partial charge in [-0.05, 0) is 30.0 Å². The van der Waals surface area contributed by atoms with E-state index < -0.39 is 0 Å². The van der Waals surface area contributed by atoms with Gasteiger partial charge in [0.05, 0.1) is 0 Å². The quantitative estimate of drug-likeness (QED) is 0.662. The van der Waals surface area contributed by atoms with Gasteiger partial charge in [-0.25, -0.2) is 0 Å². The SMILES string of the molecule is [CH2]Cc1ccc(-c2ccccc2)cc1. The molecule has 0 amide bonds. The van der Waals surface area contributed by atoms with Gasteiger partial charge in [-0.15, -0.1) is 0 Å². The highest BCUT2D eigenvalue weighted by atomic mass is 14.0. The van der Waals surface area contributed by atoms with Crippen molar-refractivity contribution >= 4 is 0 Å². The second kappa shape index (κ2) is 4.10. The molecule has 0 aliphatic carbocycles. The highest BCUT2D eigenvalue weighted by molar-refractivity contribution is 5.63. The van der Waals surface area contributed by atoms with E-state index in [0.29, 0.717) is 0 Å². The molecule has 0 saturated carbocycles. The van der Waals surface area contributed by atoms with Gasteiger partial charge in [0.1, 0.15) is 0 Å². The highest BCUT2D eigenvalue weighted by Crippen LogP contribution is 2.19. The van der Waals surface area contributed by atoms with E-state index in [2.05, 4.69) is 55.5 Å². The summed E-state index contributed by atoms with van der Waals surface area (Å²) in [5.41, 5.74) is 3.82. The molecule has 2 rings (SSSR count). The van der Waals surface area contributed by atoms with Gasteiger partial charge < -0.3 is 0 Å². The van der Waals surface area contributed by atoms with Gasteiger partial charge in [0, 0.05) is 0 Å². The summed E-state index contributed by atoms with van der Waals surface area (Å²) in [5, 5.41) is 0. The molecule has 0 fully saturated rings. The average molecular weight is 181 g/mol. The van der Waals surface area contributed by atoms with Crippen molar-refractivity contribution in [1.82, 2.24) is 0 Å². The molecule has 14 heavy (non-hydrogen) atoms. The lowest BCUT2D eigenvalue weighted by Crippen LogP contribution is -1.80. The largest absolute Gasteiger partial charge is 0.0622 e. The number of hydrogen-bond acceptors (Lipinski definition) is 0. The summed E-state index contributed by atoms with van der Waals surface area (Å²) < 4.78 is 0. The lowest BCUT2D eigenvalue weighted by molar-refractivity contribution is 1.27. The smallest absolute Gasteiger partial charge is 0.0184 e. The lowest BCUT2D eigenvalue weighted by Gasteiger charge is -2.02. The standard InChI is InChI=1S/C14H13/c1-2-12-8-10-14(11-9-12)13-6-4-3-5-7-13/h3-11H,1-2H2. The van der Waals surface area contributed by atoms with Gasteiger partial charge in [-0.1, -0.05) is 54.6 Å². The van der Waals surface area contributed by atoms with Gasteiger partial charge in [-0.3, -0.25) is 0 Å². The second-order valence-electron chi connectivity index (χ2n) is 3.31. The van der Waals surface area contributed by atoms with Crippen LogP contribution in [0.25, 0.3) is 11.1 Å². The van der Waals surface area contributed by atoms with Crippen molar-refractivity contribution in [1.29, 1.82) is 0 Å². The predicted molar refractivity (Wildman–Crippen MR) is 60.9 cm³/mol. The Kier molecular flexibility index (Phi) is 2.64. The molecule has 0 nitrogen and oxygen atoms in total. The molecule has 0 unspecified atom stereocenters. The Bertz CT molecular complexity index is 384. The Balaban J connectivity index is 2.34. The minimum absolute atomic E-state index is 0.856. The van der Waals surface area contributed by atoms with E-state index in [1.54, 1.807) is 0 Å². The van der Waals surface area contributed by atoms with Crippen molar-refractivity contribution < 1.29 is 0 Å².